The lowest BCUT2D eigenvalue weighted by Crippen LogP contribution is -2.91. The van der Waals surface area contributed by atoms with Crippen molar-refractivity contribution < 1.29 is 35.4 Å². The second-order valence-corrected chi connectivity index (χ2v) is 8.65. The van der Waals surface area contributed by atoms with E-state index in [0.29, 0.717) is 0 Å². The summed E-state index contributed by atoms with van der Waals surface area (Å²) < 4.78 is 0. The molecule has 0 aromatic rings. The van der Waals surface area contributed by atoms with Gasteiger partial charge in [-0.3, -0.25) is 30.0 Å². The molecule has 0 aromatic carbocycles. The zero-order valence-electron chi connectivity index (χ0n) is 15.6. The normalized spacial score (nSPS) is 42.6. The van der Waals surface area contributed by atoms with E-state index in [1.54, 1.807) is 0 Å². The molecule has 0 amide bonds. The van der Waals surface area contributed by atoms with Crippen molar-refractivity contribution in [2.75, 3.05) is 32.8 Å². The Hall–Kier alpha value is -1.48. The van der Waals surface area contributed by atoms with Crippen LogP contribution in [0.3, 0.4) is 0 Å². The Labute approximate surface area is 160 Å². The van der Waals surface area contributed by atoms with Gasteiger partial charge in [0.05, 0.1) is 39.0 Å². The number of hydrogen-bond donors (Lipinski definition) is 5. The quantitative estimate of drug-likeness (QED) is 0.207. The molecule has 4 bridgehead atoms. The molecule has 0 saturated carbocycles. The number of rotatable bonds is 7. The van der Waals surface area contributed by atoms with Crippen molar-refractivity contribution in [3.05, 3.63) is 20.2 Å². The summed E-state index contributed by atoms with van der Waals surface area (Å²) in [4.78, 5) is 25.8. The molecule has 4 aliphatic rings. The molecule has 0 unspecified atom stereocenters. The summed E-state index contributed by atoms with van der Waals surface area (Å²) in [5.74, 6) is 0. The summed E-state index contributed by atoms with van der Waals surface area (Å²) in [6.07, 6.45) is -8.10. The van der Waals surface area contributed by atoms with Gasteiger partial charge in [0.15, 0.2) is 0 Å². The third-order valence-corrected chi connectivity index (χ3v) is 7.22. The van der Waals surface area contributed by atoms with E-state index >= 15 is 0 Å². The lowest BCUT2D eigenvalue weighted by molar-refractivity contribution is -0.679. The van der Waals surface area contributed by atoms with E-state index in [1.807, 2.05) is 0 Å². The fraction of sp³-hybridized carbons (Fsp3) is 1.00. The van der Waals surface area contributed by atoms with Gasteiger partial charge in [-0.05, 0) is 13.8 Å². The smallest absolute Gasteiger partial charge is 0.259 e. The van der Waals surface area contributed by atoms with Crippen LogP contribution in [0.1, 0.15) is 13.8 Å². The number of piperidine rings is 2. The average molecular weight is 406 g/mol. The number of aliphatic hydroxyl groups is 5. The van der Waals surface area contributed by atoms with Crippen LogP contribution in [-0.4, -0.2) is 120 Å². The minimum Gasteiger partial charge on any atom is -0.394 e. The zero-order valence-corrected chi connectivity index (χ0v) is 15.6. The maximum atomic E-state index is 12.0. The van der Waals surface area contributed by atoms with Gasteiger partial charge in [-0.2, -0.15) is 0 Å². The van der Waals surface area contributed by atoms with E-state index in [9.17, 15) is 40.7 Å². The lowest BCUT2D eigenvalue weighted by Gasteiger charge is -2.66. The van der Waals surface area contributed by atoms with Crippen molar-refractivity contribution >= 4 is 0 Å². The molecule has 4 atom stereocenters. The molecule has 0 aromatic heterocycles. The van der Waals surface area contributed by atoms with Gasteiger partial charge in [-0.15, -0.1) is 0 Å². The number of aliphatic hydroxyl groups excluding tert-OH is 5. The Balaban J connectivity index is 1.97. The van der Waals surface area contributed by atoms with Crippen LogP contribution in [0.25, 0.3) is 0 Å². The minimum absolute atomic E-state index is 0.161. The minimum atomic E-state index is -1.87. The standard InChI is InChI=1S/C15H26N4O9/c1-13(2)14(18(25)26)4-16-6-15(13,19(27)28)7-17(5-14)12(16)11(24)10(23)9(22)8(21)3-20/h8-12,20-24H,3-7H2,1-2H3/t8-,9+,10-,11-,12?,14?,15?/m1/s1. The average Bonchev–Trinajstić information content (AvgIpc) is 2.62. The first-order valence-electron chi connectivity index (χ1n) is 8.96. The van der Waals surface area contributed by atoms with Crippen molar-refractivity contribution in [1.29, 1.82) is 0 Å². The number of hydrogen-bond acceptors (Lipinski definition) is 11. The van der Waals surface area contributed by atoms with Gasteiger partial charge < -0.3 is 25.5 Å². The van der Waals surface area contributed by atoms with Crippen LogP contribution >= 0.6 is 0 Å². The highest BCUT2D eigenvalue weighted by atomic mass is 16.6. The molecule has 4 heterocycles. The molecular formula is C15H26N4O9. The second-order valence-electron chi connectivity index (χ2n) is 8.65. The number of nitrogens with zero attached hydrogens (tertiary/aromatic N) is 4. The Bertz CT molecular complexity index is 622. The molecule has 13 nitrogen and oxygen atoms in total. The molecule has 0 aliphatic carbocycles. The van der Waals surface area contributed by atoms with Gasteiger partial charge in [0.25, 0.3) is 11.1 Å². The monoisotopic (exact) mass is 406 g/mol. The Morgan fingerprint density at radius 2 is 1.32 bits per heavy atom. The SMILES string of the molecule is CC1(C)C2([N+](=O)[O-])CN3CC1([N+](=O)[O-])CN(C2)C3[C@H](O)[C@H](O)[C@@H](O)[C@H](O)CO. The molecule has 160 valence electrons. The largest absolute Gasteiger partial charge is 0.394 e. The fourth-order valence-corrected chi connectivity index (χ4v) is 5.22. The van der Waals surface area contributed by atoms with Crippen molar-refractivity contribution in [2.45, 2.75) is 55.5 Å². The third-order valence-electron chi connectivity index (χ3n) is 7.22. The van der Waals surface area contributed by atoms with Gasteiger partial charge in [0, 0.05) is 9.85 Å². The lowest BCUT2D eigenvalue weighted by atomic mass is 9.53. The van der Waals surface area contributed by atoms with Crippen LogP contribution in [0.15, 0.2) is 0 Å². The molecule has 5 N–H and O–H groups in total. The molecule has 4 fully saturated rings. The highest BCUT2D eigenvalue weighted by molar-refractivity contribution is 5.22. The molecule has 0 radical (unpaired) electrons. The molecular weight excluding hydrogens is 380 g/mol. The second kappa shape index (κ2) is 6.52. The first-order chi connectivity index (χ1) is 12.9. The highest BCUT2D eigenvalue weighted by Crippen LogP contribution is 2.56. The summed E-state index contributed by atoms with van der Waals surface area (Å²) in [6, 6.07) is 0. The summed E-state index contributed by atoms with van der Waals surface area (Å²) in [5.41, 5.74) is -4.54. The van der Waals surface area contributed by atoms with E-state index < -0.39 is 63.5 Å². The maximum Gasteiger partial charge on any atom is 0.259 e. The van der Waals surface area contributed by atoms with E-state index in [1.165, 1.54) is 23.6 Å². The Morgan fingerprint density at radius 3 is 1.64 bits per heavy atom. The van der Waals surface area contributed by atoms with Gasteiger partial charge in [-0.1, -0.05) is 0 Å². The highest BCUT2D eigenvalue weighted by Gasteiger charge is 2.82. The van der Waals surface area contributed by atoms with Crippen LogP contribution in [-0.2, 0) is 0 Å². The predicted octanol–water partition coefficient (Wildman–Crippen LogP) is -3.55. The Morgan fingerprint density at radius 1 is 0.929 bits per heavy atom. The van der Waals surface area contributed by atoms with Crippen LogP contribution < -0.4 is 0 Å². The molecule has 4 rings (SSSR count). The van der Waals surface area contributed by atoms with Crippen molar-refractivity contribution in [3.8, 4) is 0 Å². The number of nitro groups is 2. The summed E-state index contributed by atoms with van der Waals surface area (Å²) in [5, 5.41) is 73.2. The maximum absolute atomic E-state index is 12.0. The van der Waals surface area contributed by atoms with E-state index in [-0.39, 0.29) is 26.2 Å². The van der Waals surface area contributed by atoms with Crippen molar-refractivity contribution in [1.82, 2.24) is 9.80 Å². The fourth-order valence-electron chi connectivity index (χ4n) is 5.22. The van der Waals surface area contributed by atoms with Crippen LogP contribution in [0.2, 0.25) is 0 Å². The van der Waals surface area contributed by atoms with Gasteiger partial charge in [0.2, 0.25) is 0 Å². The van der Waals surface area contributed by atoms with E-state index in [2.05, 4.69) is 0 Å². The molecule has 4 saturated heterocycles. The third kappa shape index (κ3) is 2.44. The van der Waals surface area contributed by atoms with Crippen LogP contribution in [0.4, 0.5) is 0 Å². The first-order valence-corrected chi connectivity index (χ1v) is 8.96. The van der Waals surface area contributed by atoms with Gasteiger partial charge in [-0.25, -0.2) is 0 Å². The van der Waals surface area contributed by atoms with Crippen LogP contribution in [0, 0.1) is 25.6 Å². The molecule has 28 heavy (non-hydrogen) atoms. The van der Waals surface area contributed by atoms with Gasteiger partial charge in [0.1, 0.15) is 29.8 Å². The zero-order chi connectivity index (χ0) is 21.2. The Kier molecular flexibility index (Phi) is 4.94. The molecule has 13 heteroatoms. The van der Waals surface area contributed by atoms with Gasteiger partial charge >= 0.3 is 0 Å². The first kappa shape index (κ1) is 21.2. The summed E-state index contributed by atoms with van der Waals surface area (Å²) in [6.45, 7) is 1.57. The van der Waals surface area contributed by atoms with Crippen LogP contribution in [0.5, 0.6) is 0 Å². The topological polar surface area (TPSA) is 194 Å². The molecule has 4 aliphatic heterocycles. The van der Waals surface area contributed by atoms with Crippen molar-refractivity contribution in [3.63, 3.8) is 0 Å². The predicted molar refractivity (Wildman–Crippen MR) is 91.3 cm³/mol. The van der Waals surface area contributed by atoms with Crippen molar-refractivity contribution in [2.24, 2.45) is 5.41 Å². The van der Waals surface area contributed by atoms with E-state index in [0.717, 1.165) is 0 Å². The summed E-state index contributed by atoms with van der Waals surface area (Å²) >= 11 is 0. The van der Waals surface area contributed by atoms with E-state index in [4.69, 9.17) is 5.11 Å². The summed E-state index contributed by atoms with van der Waals surface area (Å²) in [7, 11) is 0. The molecule has 0 spiro atoms.